The largest absolute Gasteiger partial charge is 0.388 e. The molecule has 1 aromatic rings. The Balaban J connectivity index is 2.83. The van der Waals surface area contributed by atoms with E-state index >= 15 is 0 Å². The third-order valence-corrected chi connectivity index (χ3v) is 2.98. The summed E-state index contributed by atoms with van der Waals surface area (Å²) in [4.78, 5) is 13.8. The first kappa shape index (κ1) is 13.7. The first-order valence-corrected chi connectivity index (χ1v) is 6.21. The standard InChI is InChI=1S/C14H21NO2/c1-4-13(16)11-7-9-12(10-8-11)14(17)15(5-2)6-3/h7-10,13,16H,4-6H2,1-3H3. The van der Waals surface area contributed by atoms with Crippen LogP contribution in [0, 0.1) is 0 Å². The van der Waals surface area contributed by atoms with Crippen LogP contribution in [-0.4, -0.2) is 29.0 Å². The summed E-state index contributed by atoms with van der Waals surface area (Å²) in [7, 11) is 0. The van der Waals surface area contributed by atoms with Crippen molar-refractivity contribution in [3.8, 4) is 0 Å². The zero-order chi connectivity index (χ0) is 12.8. The lowest BCUT2D eigenvalue weighted by molar-refractivity contribution is 0.0772. The minimum absolute atomic E-state index is 0.0486. The molecule has 1 unspecified atom stereocenters. The van der Waals surface area contributed by atoms with E-state index in [0.717, 1.165) is 5.56 Å². The van der Waals surface area contributed by atoms with Crippen molar-refractivity contribution in [2.24, 2.45) is 0 Å². The summed E-state index contributed by atoms with van der Waals surface area (Å²) in [5, 5.41) is 9.66. The van der Waals surface area contributed by atoms with E-state index in [4.69, 9.17) is 0 Å². The Kier molecular flexibility index (Phi) is 5.16. The summed E-state index contributed by atoms with van der Waals surface area (Å²) in [6.45, 7) is 7.30. The molecule has 0 aliphatic heterocycles. The van der Waals surface area contributed by atoms with Crippen molar-refractivity contribution in [2.75, 3.05) is 13.1 Å². The molecule has 1 atom stereocenters. The molecule has 0 heterocycles. The maximum absolute atomic E-state index is 12.0. The highest BCUT2D eigenvalue weighted by molar-refractivity contribution is 5.94. The molecule has 0 aliphatic carbocycles. The fraction of sp³-hybridized carbons (Fsp3) is 0.500. The van der Waals surface area contributed by atoms with Crippen LogP contribution in [0.4, 0.5) is 0 Å². The molecule has 94 valence electrons. The fourth-order valence-corrected chi connectivity index (χ4v) is 1.78. The maximum Gasteiger partial charge on any atom is 0.253 e. The summed E-state index contributed by atoms with van der Waals surface area (Å²) in [5.74, 6) is 0.0486. The topological polar surface area (TPSA) is 40.5 Å². The van der Waals surface area contributed by atoms with Crippen LogP contribution in [0.2, 0.25) is 0 Å². The molecule has 0 saturated carbocycles. The molecule has 0 saturated heterocycles. The fourth-order valence-electron chi connectivity index (χ4n) is 1.78. The highest BCUT2D eigenvalue weighted by atomic mass is 16.3. The van der Waals surface area contributed by atoms with Crippen LogP contribution >= 0.6 is 0 Å². The van der Waals surface area contributed by atoms with Crippen LogP contribution in [0.25, 0.3) is 0 Å². The van der Waals surface area contributed by atoms with Crippen LogP contribution in [0.15, 0.2) is 24.3 Å². The molecule has 0 aliphatic rings. The second-order valence-electron chi connectivity index (χ2n) is 4.02. The first-order valence-electron chi connectivity index (χ1n) is 6.21. The highest BCUT2D eigenvalue weighted by Gasteiger charge is 2.12. The van der Waals surface area contributed by atoms with E-state index in [1.165, 1.54) is 0 Å². The van der Waals surface area contributed by atoms with Crippen LogP contribution < -0.4 is 0 Å². The Labute approximate surface area is 103 Å². The Bertz CT molecular complexity index is 355. The van der Waals surface area contributed by atoms with Gasteiger partial charge in [-0.3, -0.25) is 4.79 Å². The number of benzene rings is 1. The molecule has 17 heavy (non-hydrogen) atoms. The zero-order valence-corrected chi connectivity index (χ0v) is 10.8. The number of hydrogen-bond acceptors (Lipinski definition) is 2. The van der Waals surface area contributed by atoms with Gasteiger partial charge in [0, 0.05) is 18.7 Å². The van der Waals surface area contributed by atoms with Gasteiger partial charge in [0.25, 0.3) is 5.91 Å². The van der Waals surface area contributed by atoms with Crippen LogP contribution in [0.1, 0.15) is 49.2 Å². The second-order valence-corrected chi connectivity index (χ2v) is 4.02. The minimum atomic E-state index is -0.437. The molecule has 0 fully saturated rings. The molecule has 1 N–H and O–H groups in total. The average Bonchev–Trinajstić information content (AvgIpc) is 2.39. The van der Waals surface area contributed by atoms with Gasteiger partial charge in [-0.15, -0.1) is 0 Å². The molecule has 1 aromatic carbocycles. The van der Waals surface area contributed by atoms with Gasteiger partial charge in [-0.2, -0.15) is 0 Å². The van der Waals surface area contributed by atoms with E-state index in [1.807, 2.05) is 32.9 Å². The van der Waals surface area contributed by atoms with E-state index in [0.29, 0.717) is 25.1 Å². The molecule has 0 radical (unpaired) electrons. The van der Waals surface area contributed by atoms with Gasteiger partial charge in [0.05, 0.1) is 6.10 Å². The lowest BCUT2D eigenvalue weighted by Crippen LogP contribution is -2.30. The van der Waals surface area contributed by atoms with Crippen molar-refractivity contribution in [1.29, 1.82) is 0 Å². The van der Waals surface area contributed by atoms with E-state index in [2.05, 4.69) is 0 Å². The maximum atomic E-state index is 12.0. The number of carbonyl (C=O) groups is 1. The van der Waals surface area contributed by atoms with Gasteiger partial charge < -0.3 is 10.0 Å². The number of aliphatic hydroxyl groups is 1. The van der Waals surface area contributed by atoms with E-state index in [9.17, 15) is 9.90 Å². The van der Waals surface area contributed by atoms with Gasteiger partial charge in [0.1, 0.15) is 0 Å². The third kappa shape index (κ3) is 3.30. The van der Waals surface area contributed by atoms with Gasteiger partial charge in [-0.25, -0.2) is 0 Å². The van der Waals surface area contributed by atoms with Crippen molar-refractivity contribution in [3.63, 3.8) is 0 Å². The van der Waals surface area contributed by atoms with Crippen LogP contribution in [-0.2, 0) is 0 Å². The second kappa shape index (κ2) is 6.40. The summed E-state index contributed by atoms with van der Waals surface area (Å²) >= 11 is 0. The van der Waals surface area contributed by atoms with E-state index < -0.39 is 6.10 Å². The summed E-state index contributed by atoms with van der Waals surface area (Å²) in [6.07, 6.45) is 0.246. The third-order valence-electron chi connectivity index (χ3n) is 2.98. The number of aliphatic hydroxyl groups excluding tert-OH is 1. The zero-order valence-electron chi connectivity index (χ0n) is 10.8. The Morgan fingerprint density at radius 1 is 1.18 bits per heavy atom. The summed E-state index contributed by atoms with van der Waals surface area (Å²) < 4.78 is 0. The number of rotatable bonds is 5. The minimum Gasteiger partial charge on any atom is -0.388 e. The normalized spacial score (nSPS) is 12.2. The van der Waals surface area contributed by atoms with E-state index in [1.54, 1.807) is 17.0 Å². The number of nitrogens with zero attached hydrogens (tertiary/aromatic N) is 1. The van der Waals surface area contributed by atoms with Gasteiger partial charge in [0.15, 0.2) is 0 Å². The Morgan fingerprint density at radius 3 is 2.12 bits per heavy atom. The van der Waals surface area contributed by atoms with Gasteiger partial charge in [-0.1, -0.05) is 19.1 Å². The monoisotopic (exact) mass is 235 g/mol. The van der Waals surface area contributed by atoms with Crippen LogP contribution in [0.5, 0.6) is 0 Å². The quantitative estimate of drug-likeness (QED) is 0.852. The molecule has 0 spiro atoms. The SMILES string of the molecule is CCC(O)c1ccc(C(=O)N(CC)CC)cc1. The summed E-state index contributed by atoms with van der Waals surface area (Å²) in [6, 6.07) is 7.22. The molecule has 3 nitrogen and oxygen atoms in total. The highest BCUT2D eigenvalue weighted by Crippen LogP contribution is 2.17. The Morgan fingerprint density at radius 2 is 1.71 bits per heavy atom. The first-order chi connectivity index (χ1) is 8.13. The lowest BCUT2D eigenvalue weighted by atomic mass is 10.0. The molecular formula is C14H21NO2. The molecular weight excluding hydrogens is 214 g/mol. The summed E-state index contributed by atoms with van der Waals surface area (Å²) in [5.41, 5.74) is 1.55. The van der Waals surface area contributed by atoms with Crippen molar-refractivity contribution in [3.05, 3.63) is 35.4 Å². The molecule has 1 amide bonds. The van der Waals surface area contributed by atoms with Gasteiger partial charge in [0.2, 0.25) is 0 Å². The van der Waals surface area contributed by atoms with Crippen molar-refractivity contribution < 1.29 is 9.90 Å². The average molecular weight is 235 g/mol. The number of carbonyl (C=O) groups excluding carboxylic acids is 1. The Hall–Kier alpha value is -1.35. The number of hydrogen-bond donors (Lipinski definition) is 1. The predicted octanol–water partition coefficient (Wildman–Crippen LogP) is 2.61. The van der Waals surface area contributed by atoms with E-state index in [-0.39, 0.29) is 5.91 Å². The van der Waals surface area contributed by atoms with Crippen molar-refractivity contribution >= 4 is 5.91 Å². The predicted molar refractivity (Wildman–Crippen MR) is 68.9 cm³/mol. The number of amides is 1. The van der Waals surface area contributed by atoms with Crippen LogP contribution in [0.3, 0.4) is 0 Å². The molecule has 3 heteroatoms. The van der Waals surface area contributed by atoms with Gasteiger partial charge in [-0.05, 0) is 38.0 Å². The smallest absolute Gasteiger partial charge is 0.253 e. The molecule has 0 aromatic heterocycles. The van der Waals surface area contributed by atoms with Crippen molar-refractivity contribution in [1.82, 2.24) is 4.90 Å². The van der Waals surface area contributed by atoms with Gasteiger partial charge >= 0.3 is 0 Å². The van der Waals surface area contributed by atoms with Crippen molar-refractivity contribution in [2.45, 2.75) is 33.3 Å². The molecule has 1 rings (SSSR count). The lowest BCUT2D eigenvalue weighted by Gasteiger charge is -2.19. The molecule has 0 bridgehead atoms.